The van der Waals surface area contributed by atoms with E-state index < -0.39 is 43.7 Å². The van der Waals surface area contributed by atoms with Crippen LogP contribution in [0.1, 0.15) is 24.8 Å². The average molecular weight is 675 g/mol. The van der Waals surface area contributed by atoms with Crippen molar-refractivity contribution in [2.24, 2.45) is 0 Å². The summed E-state index contributed by atoms with van der Waals surface area (Å²) in [6.07, 6.45) is -0.205. The van der Waals surface area contributed by atoms with E-state index in [0.29, 0.717) is 19.3 Å². The number of hydrogen-bond donors (Lipinski definition) is 3. The molecule has 3 aromatic rings. The quantitative estimate of drug-likeness (QED) is 0.275. The maximum Gasteiger partial charge on any atom is 0.407 e. The molecule has 248 valence electrons. The number of amides is 1. The highest BCUT2D eigenvalue weighted by atomic mass is 32.2. The Morgan fingerprint density at radius 3 is 2.33 bits per heavy atom. The zero-order chi connectivity index (χ0) is 33.1. The van der Waals surface area contributed by atoms with Crippen LogP contribution in [-0.2, 0) is 31.2 Å². The number of rotatable bonds is 11. The van der Waals surface area contributed by atoms with Gasteiger partial charge >= 0.3 is 6.09 Å². The first-order valence-corrected chi connectivity index (χ1v) is 18.2. The molecule has 2 unspecified atom stereocenters. The van der Waals surface area contributed by atoms with Crippen LogP contribution in [0.3, 0.4) is 0 Å². The largest absolute Gasteiger partial charge is 0.491 e. The smallest absolute Gasteiger partial charge is 0.407 e. The van der Waals surface area contributed by atoms with Crippen molar-refractivity contribution < 1.29 is 46.4 Å². The Labute approximate surface area is 268 Å². The number of ether oxygens (including phenoxy) is 2. The van der Waals surface area contributed by atoms with Crippen molar-refractivity contribution in [1.29, 1.82) is 0 Å². The number of benzene rings is 3. The number of carbonyl (C=O) groups is 1. The van der Waals surface area contributed by atoms with Crippen LogP contribution >= 0.6 is 0 Å². The van der Waals surface area contributed by atoms with E-state index in [9.17, 15) is 36.9 Å². The number of sulfonamides is 1. The molecule has 0 aliphatic carbocycles. The van der Waals surface area contributed by atoms with Crippen molar-refractivity contribution in [1.82, 2.24) is 9.21 Å². The van der Waals surface area contributed by atoms with Crippen molar-refractivity contribution >= 4 is 26.0 Å². The standard InChI is InChI=1S/C32H38N2O10S2/c1-45(39,40)29-6-3-5-28(17-29)43-22-27(36)19-34(31(37)38)26-18-32(44-21-26)12-14-33(15-13-32)46(41,42)30-7-2-4-25(16-30)24-10-8-23(20-35)9-11-24/h2-11,16-17,26-27,35-36H,12-15,18-22H2,1H3,(H,37,38). The number of piperidine rings is 1. The number of aliphatic hydroxyl groups excluding tert-OH is 2. The van der Waals surface area contributed by atoms with E-state index in [1.807, 2.05) is 18.2 Å². The first kappa shape index (κ1) is 33.8. The summed E-state index contributed by atoms with van der Waals surface area (Å²) in [5.41, 5.74) is 1.65. The number of hydrogen-bond acceptors (Lipinski definition) is 9. The molecular weight excluding hydrogens is 636 g/mol. The molecule has 1 spiro atoms. The van der Waals surface area contributed by atoms with Gasteiger partial charge in [-0.1, -0.05) is 42.5 Å². The summed E-state index contributed by atoms with van der Waals surface area (Å²) >= 11 is 0. The monoisotopic (exact) mass is 674 g/mol. The lowest BCUT2D eigenvalue weighted by molar-refractivity contribution is -0.0319. The van der Waals surface area contributed by atoms with Crippen LogP contribution in [0.25, 0.3) is 11.1 Å². The van der Waals surface area contributed by atoms with Crippen LogP contribution < -0.4 is 4.74 Å². The molecule has 2 fully saturated rings. The lowest BCUT2D eigenvalue weighted by Crippen LogP contribution is -2.48. The third-order valence-electron chi connectivity index (χ3n) is 8.53. The first-order valence-electron chi connectivity index (χ1n) is 14.8. The molecule has 0 aromatic heterocycles. The molecule has 12 nitrogen and oxygen atoms in total. The Morgan fingerprint density at radius 2 is 1.67 bits per heavy atom. The summed E-state index contributed by atoms with van der Waals surface area (Å²) in [6.45, 7) is -0.0452. The van der Waals surface area contributed by atoms with Gasteiger partial charge in [0.05, 0.1) is 41.2 Å². The fourth-order valence-electron chi connectivity index (χ4n) is 5.94. The molecular formula is C32H38N2O10S2. The molecule has 2 aliphatic rings. The topological polar surface area (TPSA) is 171 Å². The predicted octanol–water partition coefficient (Wildman–Crippen LogP) is 2.98. The molecule has 1 amide bonds. The molecule has 14 heteroatoms. The predicted molar refractivity (Wildman–Crippen MR) is 169 cm³/mol. The van der Waals surface area contributed by atoms with Gasteiger partial charge in [-0.3, -0.25) is 0 Å². The lowest BCUT2D eigenvalue weighted by atomic mass is 9.88. The summed E-state index contributed by atoms with van der Waals surface area (Å²) in [5, 5.41) is 29.8. The SMILES string of the molecule is CS(=O)(=O)c1cccc(OCC(O)CN(C(=O)O)C2COC3(CCN(S(=O)(=O)c4cccc(-c5ccc(CO)cc5)c4)CC3)C2)c1. The molecule has 3 aromatic carbocycles. The second-order valence-electron chi connectivity index (χ2n) is 11.8. The van der Waals surface area contributed by atoms with Crippen molar-refractivity contribution in [3.63, 3.8) is 0 Å². The fourth-order valence-corrected chi connectivity index (χ4v) is 8.08. The van der Waals surface area contributed by atoms with Crippen molar-refractivity contribution in [3.05, 3.63) is 78.4 Å². The highest BCUT2D eigenvalue weighted by Crippen LogP contribution is 2.39. The Balaban J connectivity index is 1.18. The summed E-state index contributed by atoms with van der Waals surface area (Å²) in [6, 6.07) is 19.3. The number of aliphatic hydroxyl groups is 2. The molecule has 2 heterocycles. The van der Waals surface area contributed by atoms with Gasteiger partial charge in [0.25, 0.3) is 0 Å². The van der Waals surface area contributed by atoms with Crippen LogP contribution in [-0.4, -0.2) is 104 Å². The number of sulfone groups is 1. The van der Waals surface area contributed by atoms with Gasteiger partial charge in [-0.25, -0.2) is 21.6 Å². The van der Waals surface area contributed by atoms with Gasteiger partial charge in [-0.15, -0.1) is 0 Å². The van der Waals surface area contributed by atoms with Crippen LogP contribution in [0.15, 0.2) is 82.6 Å². The Kier molecular flexibility index (Phi) is 10.1. The van der Waals surface area contributed by atoms with Gasteiger partial charge in [0.1, 0.15) is 18.5 Å². The third kappa shape index (κ3) is 7.70. The maximum atomic E-state index is 13.6. The van der Waals surface area contributed by atoms with Gasteiger partial charge in [-0.2, -0.15) is 4.31 Å². The second kappa shape index (κ2) is 13.7. The molecule has 3 N–H and O–H groups in total. The highest BCUT2D eigenvalue weighted by molar-refractivity contribution is 7.90. The van der Waals surface area contributed by atoms with Gasteiger partial charge in [0.2, 0.25) is 10.0 Å². The van der Waals surface area contributed by atoms with Gasteiger partial charge < -0.3 is 29.7 Å². The van der Waals surface area contributed by atoms with Gasteiger partial charge in [0, 0.05) is 19.3 Å². The van der Waals surface area contributed by atoms with Crippen LogP contribution in [0, 0.1) is 0 Å². The number of nitrogens with zero attached hydrogens (tertiary/aromatic N) is 2. The Hall–Kier alpha value is -3.53. The maximum absolute atomic E-state index is 13.6. The molecule has 5 rings (SSSR count). The zero-order valence-corrected chi connectivity index (χ0v) is 27.0. The third-order valence-corrected chi connectivity index (χ3v) is 11.5. The minimum absolute atomic E-state index is 0.0672. The van der Waals surface area contributed by atoms with E-state index >= 15 is 0 Å². The Morgan fingerprint density at radius 1 is 1.00 bits per heavy atom. The molecule has 2 aliphatic heterocycles. The molecule has 0 saturated carbocycles. The van der Waals surface area contributed by atoms with E-state index in [0.717, 1.165) is 27.8 Å². The minimum Gasteiger partial charge on any atom is -0.491 e. The summed E-state index contributed by atoms with van der Waals surface area (Å²) in [7, 11) is -7.24. The summed E-state index contributed by atoms with van der Waals surface area (Å²) in [4.78, 5) is 13.5. The average Bonchev–Trinajstić information content (AvgIpc) is 3.45. The van der Waals surface area contributed by atoms with E-state index in [-0.39, 0.29) is 55.0 Å². The van der Waals surface area contributed by atoms with Crippen molar-refractivity contribution in [3.8, 4) is 16.9 Å². The van der Waals surface area contributed by atoms with Crippen LogP contribution in [0.4, 0.5) is 4.79 Å². The number of carboxylic acid groups (broad SMARTS) is 1. The lowest BCUT2D eigenvalue weighted by Gasteiger charge is -2.38. The van der Waals surface area contributed by atoms with Crippen LogP contribution in [0.5, 0.6) is 5.75 Å². The molecule has 46 heavy (non-hydrogen) atoms. The summed E-state index contributed by atoms with van der Waals surface area (Å²) in [5.74, 6) is 0.233. The molecule has 2 atom stereocenters. The molecule has 0 radical (unpaired) electrons. The van der Waals surface area contributed by atoms with E-state index in [1.54, 1.807) is 36.4 Å². The molecule has 2 saturated heterocycles. The van der Waals surface area contributed by atoms with Gasteiger partial charge in [0.15, 0.2) is 9.84 Å². The zero-order valence-electron chi connectivity index (χ0n) is 25.4. The van der Waals surface area contributed by atoms with Crippen LogP contribution in [0.2, 0.25) is 0 Å². The summed E-state index contributed by atoms with van der Waals surface area (Å²) < 4.78 is 63.9. The minimum atomic E-state index is -3.80. The Bertz CT molecular complexity index is 1760. The fraction of sp³-hybridized carbons (Fsp3) is 0.406. The van der Waals surface area contributed by atoms with E-state index in [2.05, 4.69) is 0 Å². The first-order chi connectivity index (χ1) is 21.8. The normalized spacial score (nSPS) is 19.2. The molecule has 0 bridgehead atoms. The van der Waals surface area contributed by atoms with E-state index in [1.165, 1.54) is 22.5 Å². The van der Waals surface area contributed by atoms with Crippen molar-refractivity contribution in [2.45, 2.75) is 53.4 Å². The van der Waals surface area contributed by atoms with Crippen molar-refractivity contribution in [2.75, 3.05) is 39.1 Å². The second-order valence-corrected chi connectivity index (χ2v) is 15.7. The van der Waals surface area contributed by atoms with E-state index in [4.69, 9.17) is 9.47 Å². The highest BCUT2D eigenvalue weighted by Gasteiger charge is 2.47. The van der Waals surface area contributed by atoms with Gasteiger partial charge in [-0.05, 0) is 66.3 Å².